The zero-order valence-corrected chi connectivity index (χ0v) is 9.04. The third-order valence-corrected chi connectivity index (χ3v) is 2.57. The van der Waals surface area contributed by atoms with Gasteiger partial charge in [-0.3, -0.25) is 4.98 Å². The van der Waals surface area contributed by atoms with Gasteiger partial charge in [0.05, 0.1) is 11.7 Å². The minimum Gasteiger partial charge on any atom is -0.368 e. The van der Waals surface area contributed by atoms with Crippen LogP contribution >= 0.6 is 0 Å². The second-order valence-corrected chi connectivity index (χ2v) is 3.69. The van der Waals surface area contributed by atoms with E-state index in [2.05, 4.69) is 20.7 Å². The summed E-state index contributed by atoms with van der Waals surface area (Å²) in [5.74, 6) is 1.05. The fourth-order valence-corrected chi connectivity index (χ4v) is 1.81. The van der Waals surface area contributed by atoms with Crippen molar-refractivity contribution in [2.45, 2.75) is 0 Å². The van der Waals surface area contributed by atoms with E-state index in [1.165, 1.54) is 0 Å². The van der Waals surface area contributed by atoms with E-state index in [4.69, 9.17) is 1.41 Å². The molecule has 2 N–H and O–H groups in total. The first-order valence-electron chi connectivity index (χ1n) is 5.78. The summed E-state index contributed by atoms with van der Waals surface area (Å²) in [6, 6.07) is 1.88. The molecule has 3 rings (SSSR count). The molecule has 84 valence electrons. The van der Waals surface area contributed by atoms with Crippen molar-refractivity contribution in [2.24, 2.45) is 0 Å². The highest BCUT2D eigenvalue weighted by Gasteiger charge is 2.11. The van der Waals surface area contributed by atoms with E-state index >= 15 is 0 Å². The number of allylic oxidation sites excluding steroid dienone is 2. The molecular weight excluding hydrogens is 214 g/mol. The summed E-state index contributed by atoms with van der Waals surface area (Å²) in [6.45, 7) is 0.752. The van der Waals surface area contributed by atoms with E-state index in [1.807, 2.05) is 35.4 Å². The van der Waals surface area contributed by atoms with E-state index < -0.39 is 0 Å². The van der Waals surface area contributed by atoms with Crippen molar-refractivity contribution in [2.75, 3.05) is 17.2 Å². The highest BCUT2D eigenvalue weighted by Crippen LogP contribution is 2.24. The van der Waals surface area contributed by atoms with Crippen LogP contribution in [0.2, 0.25) is 1.41 Å². The van der Waals surface area contributed by atoms with Crippen molar-refractivity contribution < 1.29 is 1.41 Å². The van der Waals surface area contributed by atoms with E-state index in [9.17, 15) is 0 Å². The molecule has 3 heterocycles. The zero-order valence-electron chi connectivity index (χ0n) is 10.0. The average molecular weight is 226 g/mol. The highest BCUT2D eigenvalue weighted by atomic mass is 15.2. The Morgan fingerprint density at radius 1 is 1.35 bits per heavy atom. The van der Waals surface area contributed by atoms with Crippen LogP contribution in [0.25, 0.3) is 10.9 Å². The number of aromatic nitrogens is 3. The predicted octanol–water partition coefficient (Wildman–Crippen LogP) is 1.50. The molecule has 1 aliphatic heterocycles. The quantitative estimate of drug-likeness (QED) is 0.840. The standard InChI is InChI=1S/C12H11N5/c13-12-15-10-8-14-5-4-9(10)11(16-12)17-6-2-1-3-7-17/h1-6,8H,7H2,(H2,13,15,16)/i/hD. The molecule has 0 amide bonds. The SMILES string of the molecule is [2H]Nc1nc(N2C=CC=CC2)c2ccncc2n1. The van der Waals surface area contributed by atoms with Gasteiger partial charge >= 0.3 is 0 Å². The number of hydrogen-bond donors (Lipinski definition) is 1. The number of fused-ring (bicyclic) bond motifs is 1. The smallest absolute Gasteiger partial charge is 0.222 e. The summed E-state index contributed by atoms with van der Waals surface area (Å²) < 4.78 is 7.18. The van der Waals surface area contributed by atoms with Crippen molar-refractivity contribution in [3.8, 4) is 0 Å². The van der Waals surface area contributed by atoms with Crippen LogP contribution in [0.1, 0.15) is 0 Å². The van der Waals surface area contributed by atoms with Gasteiger partial charge in [0.25, 0.3) is 0 Å². The Bertz CT molecular complexity index is 637. The van der Waals surface area contributed by atoms with Crippen LogP contribution in [-0.4, -0.2) is 21.5 Å². The number of nitrogens with two attached hydrogens (primary N) is 1. The highest BCUT2D eigenvalue weighted by molar-refractivity contribution is 5.90. The van der Waals surface area contributed by atoms with Crippen LogP contribution in [0.3, 0.4) is 0 Å². The van der Waals surface area contributed by atoms with Gasteiger partial charge in [-0.1, -0.05) is 12.2 Å². The number of rotatable bonds is 2. The van der Waals surface area contributed by atoms with Gasteiger partial charge < -0.3 is 10.6 Å². The first-order chi connectivity index (χ1) is 8.88. The lowest BCUT2D eigenvalue weighted by atomic mass is 10.2. The lowest BCUT2D eigenvalue weighted by Gasteiger charge is -2.20. The molecule has 0 aromatic carbocycles. The third kappa shape index (κ3) is 1.71. The zero-order chi connectivity index (χ0) is 12.4. The number of anilines is 2. The Hall–Kier alpha value is -2.43. The molecule has 0 saturated heterocycles. The Labute approximate surface area is 99.8 Å². The minimum absolute atomic E-state index is 0.272. The Morgan fingerprint density at radius 3 is 3.18 bits per heavy atom. The van der Waals surface area contributed by atoms with E-state index in [0.29, 0.717) is 0 Å². The molecule has 0 saturated carbocycles. The molecule has 0 bridgehead atoms. The van der Waals surface area contributed by atoms with E-state index in [-0.39, 0.29) is 5.95 Å². The predicted molar refractivity (Wildman–Crippen MR) is 67.4 cm³/mol. The van der Waals surface area contributed by atoms with Crippen molar-refractivity contribution in [3.05, 3.63) is 42.9 Å². The first-order valence-corrected chi connectivity index (χ1v) is 5.28. The third-order valence-electron chi connectivity index (χ3n) is 2.57. The average Bonchev–Trinajstić information content (AvgIpc) is 2.47. The van der Waals surface area contributed by atoms with Gasteiger partial charge in [0.2, 0.25) is 5.95 Å². The molecular formula is C12H11N5. The van der Waals surface area contributed by atoms with E-state index in [0.717, 1.165) is 23.3 Å². The summed E-state index contributed by atoms with van der Waals surface area (Å²) in [5.41, 5.74) is 2.95. The maximum atomic E-state index is 7.18. The largest absolute Gasteiger partial charge is 0.368 e. The molecule has 2 aromatic rings. The number of nitrogens with zero attached hydrogens (tertiary/aromatic N) is 4. The monoisotopic (exact) mass is 226 g/mol. The Kier molecular flexibility index (Phi) is 1.97. The Morgan fingerprint density at radius 2 is 2.35 bits per heavy atom. The number of nitrogen functional groups attached to an aromatic ring is 1. The molecule has 0 atom stereocenters. The van der Waals surface area contributed by atoms with Crippen molar-refractivity contribution >= 4 is 22.7 Å². The molecule has 0 fully saturated rings. The molecule has 0 aliphatic carbocycles. The molecule has 0 radical (unpaired) electrons. The van der Waals surface area contributed by atoms with Gasteiger partial charge in [-0.05, 0) is 12.1 Å². The number of pyridine rings is 1. The summed E-state index contributed by atoms with van der Waals surface area (Å²) in [4.78, 5) is 14.6. The van der Waals surface area contributed by atoms with Crippen molar-refractivity contribution in [3.63, 3.8) is 0 Å². The second kappa shape index (κ2) is 3.86. The topological polar surface area (TPSA) is 67.9 Å². The minimum atomic E-state index is 0.272. The van der Waals surface area contributed by atoms with Gasteiger partial charge in [-0.15, -0.1) is 0 Å². The van der Waals surface area contributed by atoms with Crippen LogP contribution in [0.15, 0.2) is 42.9 Å². The summed E-state index contributed by atoms with van der Waals surface area (Å²) in [7, 11) is 0. The van der Waals surface area contributed by atoms with Crippen molar-refractivity contribution in [1.29, 1.82) is 0 Å². The molecule has 5 heteroatoms. The van der Waals surface area contributed by atoms with Crippen LogP contribution in [0, 0.1) is 0 Å². The van der Waals surface area contributed by atoms with E-state index in [1.54, 1.807) is 12.4 Å². The van der Waals surface area contributed by atoms with Gasteiger partial charge in [-0.25, -0.2) is 4.98 Å². The maximum Gasteiger partial charge on any atom is 0.222 e. The molecule has 17 heavy (non-hydrogen) atoms. The molecule has 0 spiro atoms. The van der Waals surface area contributed by atoms with Gasteiger partial charge in [0.15, 0.2) is 1.41 Å². The van der Waals surface area contributed by atoms with Gasteiger partial charge in [-0.2, -0.15) is 4.98 Å². The Balaban J connectivity index is 2.19. The molecule has 1 aliphatic rings. The van der Waals surface area contributed by atoms with Crippen LogP contribution in [0.4, 0.5) is 11.8 Å². The van der Waals surface area contributed by atoms with Gasteiger partial charge in [0, 0.05) is 24.3 Å². The van der Waals surface area contributed by atoms with Crippen LogP contribution in [-0.2, 0) is 0 Å². The molecule has 2 aromatic heterocycles. The maximum absolute atomic E-state index is 7.18. The second-order valence-electron chi connectivity index (χ2n) is 3.69. The summed E-state index contributed by atoms with van der Waals surface area (Å²) >= 11 is 0. The van der Waals surface area contributed by atoms with Crippen LogP contribution in [0.5, 0.6) is 0 Å². The fraction of sp³-hybridized carbons (Fsp3) is 0.0833. The lowest BCUT2D eigenvalue weighted by Crippen LogP contribution is -2.19. The lowest BCUT2D eigenvalue weighted by molar-refractivity contribution is 1.03. The summed E-state index contributed by atoms with van der Waals surface area (Å²) in [6.07, 6.45) is 11.3. The molecule has 0 unspecified atom stereocenters. The molecule has 5 nitrogen and oxygen atoms in total. The normalized spacial score (nSPS) is 15.1. The first kappa shape index (κ1) is 8.69. The van der Waals surface area contributed by atoms with Gasteiger partial charge in [0.1, 0.15) is 5.82 Å². The van der Waals surface area contributed by atoms with Crippen LogP contribution < -0.4 is 10.6 Å². The fourth-order valence-electron chi connectivity index (χ4n) is 1.81. The summed E-state index contributed by atoms with van der Waals surface area (Å²) in [5, 5.41) is 0.920. The van der Waals surface area contributed by atoms with Crippen molar-refractivity contribution in [1.82, 2.24) is 15.0 Å². The number of hydrogen-bond acceptors (Lipinski definition) is 5.